The SMILES string of the molecule is CC(CCN)(CO[SiH3])c1ccccc1. The summed E-state index contributed by atoms with van der Waals surface area (Å²) in [5, 5.41) is 0. The summed E-state index contributed by atoms with van der Waals surface area (Å²) in [4.78, 5) is 0. The van der Waals surface area contributed by atoms with Crippen LogP contribution in [0.3, 0.4) is 0 Å². The fourth-order valence-electron chi connectivity index (χ4n) is 1.78. The Hall–Kier alpha value is -0.643. The quantitative estimate of drug-likeness (QED) is 0.720. The van der Waals surface area contributed by atoms with E-state index in [1.54, 1.807) is 0 Å². The van der Waals surface area contributed by atoms with E-state index in [1.807, 2.05) is 6.07 Å². The molecule has 0 saturated carbocycles. The van der Waals surface area contributed by atoms with Crippen molar-refractivity contribution < 1.29 is 4.43 Å². The maximum absolute atomic E-state index is 5.64. The first-order valence-corrected chi connectivity index (χ1v) is 5.79. The number of hydrogen-bond donors (Lipinski definition) is 1. The molecule has 0 fully saturated rings. The molecule has 3 heteroatoms. The molecule has 78 valence electrons. The van der Waals surface area contributed by atoms with E-state index in [9.17, 15) is 0 Å². The third kappa shape index (κ3) is 2.67. The zero-order valence-electron chi connectivity index (χ0n) is 8.99. The maximum atomic E-state index is 5.64. The molecule has 2 nitrogen and oxygen atoms in total. The van der Waals surface area contributed by atoms with E-state index in [1.165, 1.54) is 5.56 Å². The van der Waals surface area contributed by atoms with E-state index in [0.717, 1.165) is 23.5 Å². The van der Waals surface area contributed by atoms with Crippen molar-refractivity contribution in [1.29, 1.82) is 0 Å². The van der Waals surface area contributed by atoms with Gasteiger partial charge in [-0.2, -0.15) is 0 Å². The Morgan fingerprint density at radius 3 is 2.50 bits per heavy atom. The van der Waals surface area contributed by atoms with E-state index in [4.69, 9.17) is 10.2 Å². The zero-order chi connectivity index (χ0) is 10.4. The molecule has 0 radical (unpaired) electrons. The second-order valence-electron chi connectivity index (χ2n) is 3.90. The Morgan fingerprint density at radius 2 is 2.00 bits per heavy atom. The van der Waals surface area contributed by atoms with Crippen molar-refractivity contribution >= 4 is 10.5 Å². The Balaban J connectivity index is 2.87. The van der Waals surface area contributed by atoms with Gasteiger partial charge < -0.3 is 10.2 Å². The molecule has 0 bridgehead atoms. The van der Waals surface area contributed by atoms with Crippen molar-refractivity contribution in [3.05, 3.63) is 35.9 Å². The lowest BCUT2D eigenvalue weighted by Gasteiger charge is -2.29. The fourth-order valence-corrected chi connectivity index (χ4v) is 2.41. The van der Waals surface area contributed by atoms with Gasteiger partial charge in [0, 0.05) is 12.0 Å². The van der Waals surface area contributed by atoms with E-state index in [0.29, 0.717) is 6.54 Å². The lowest BCUT2D eigenvalue weighted by atomic mass is 9.80. The Labute approximate surface area is 89.0 Å². The van der Waals surface area contributed by atoms with Crippen LogP contribution in [-0.4, -0.2) is 23.6 Å². The van der Waals surface area contributed by atoms with Crippen molar-refractivity contribution in [3.63, 3.8) is 0 Å². The highest BCUT2D eigenvalue weighted by atomic mass is 28.2. The van der Waals surface area contributed by atoms with Crippen molar-refractivity contribution in [2.45, 2.75) is 18.8 Å². The summed E-state index contributed by atoms with van der Waals surface area (Å²) in [7, 11) is 0.787. The standard InChI is InChI=1S/C11H19NOSi/c1-11(7-8-12,9-13-14)10-5-3-2-4-6-10/h2-6H,7-9,12H2,1,14H3. The van der Waals surface area contributed by atoms with Crippen LogP contribution in [0.15, 0.2) is 30.3 Å². The highest BCUT2D eigenvalue weighted by Crippen LogP contribution is 2.26. The van der Waals surface area contributed by atoms with Gasteiger partial charge in [-0.05, 0) is 18.5 Å². The molecule has 14 heavy (non-hydrogen) atoms. The van der Waals surface area contributed by atoms with Crippen LogP contribution in [0, 0.1) is 0 Å². The van der Waals surface area contributed by atoms with Crippen LogP contribution in [0.1, 0.15) is 18.9 Å². The zero-order valence-corrected chi connectivity index (χ0v) is 11.0. The normalized spacial score (nSPS) is 15.3. The van der Waals surface area contributed by atoms with Crippen molar-refractivity contribution in [2.75, 3.05) is 13.2 Å². The molecule has 0 aliphatic carbocycles. The van der Waals surface area contributed by atoms with E-state index in [-0.39, 0.29) is 5.41 Å². The smallest absolute Gasteiger partial charge is 0.146 e. The Morgan fingerprint density at radius 1 is 1.36 bits per heavy atom. The molecule has 0 aliphatic rings. The average Bonchev–Trinajstić information content (AvgIpc) is 2.20. The first kappa shape index (κ1) is 11.4. The molecule has 0 saturated heterocycles. The average molecular weight is 209 g/mol. The number of hydrogen-bond acceptors (Lipinski definition) is 2. The van der Waals surface area contributed by atoms with Gasteiger partial charge in [0.1, 0.15) is 10.5 Å². The lowest BCUT2D eigenvalue weighted by Crippen LogP contribution is -2.30. The molecule has 1 atom stereocenters. The van der Waals surface area contributed by atoms with Gasteiger partial charge in [-0.3, -0.25) is 0 Å². The van der Waals surface area contributed by atoms with Crippen LogP contribution in [0.5, 0.6) is 0 Å². The van der Waals surface area contributed by atoms with Crippen LogP contribution in [-0.2, 0) is 9.84 Å². The second kappa shape index (κ2) is 5.29. The van der Waals surface area contributed by atoms with Gasteiger partial charge in [0.25, 0.3) is 0 Å². The molecule has 1 aromatic rings. The largest absolute Gasteiger partial charge is 0.427 e. The van der Waals surface area contributed by atoms with E-state index < -0.39 is 0 Å². The first-order chi connectivity index (χ1) is 6.73. The topological polar surface area (TPSA) is 35.2 Å². The van der Waals surface area contributed by atoms with E-state index >= 15 is 0 Å². The van der Waals surface area contributed by atoms with Crippen LogP contribution in [0.2, 0.25) is 0 Å². The fraction of sp³-hybridized carbons (Fsp3) is 0.455. The van der Waals surface area contributed by atoms with Crippen molar-refractivity contribution in [2.24, 2.45) is 5.73 Å². The number of benzene rings is 1. The Bertz CT molecular complexity index is 257. The van der Waals surface area contributed by atoms with Crippen LogP contribution in [0.4, 0.5) is 0 Å². The summed E-state index contributed by atoms with van der Waals surface area (Å²) in [6.45, 7) is 3.70. The van der Waals surface area contributed by atoms with Gasteiger partial charge in [0.05, 0.1) is 0 Å². The van der Waals surface area contributed by atoms with Crippen LogP contribution >= 0.6 is 0 Å². The molecule has 0 spiro atoms. The summed E-state index contributed by atoms with van der Waals surface area (Å²) >= 11 is 0. The van der Waals surface area contributed by atoms with Crippen LogP contribution < -0.4 is 5.73 Å². The monoisotopic (exact) mass is 209 g/mol. The molecule has 0 aliphatic heterocycles. The minimum Gasteiger partial charge on any atom is -0.427 e. The lowest BCUT2D eigenvalue weighted by molar-refractivity contribution is 0.236. The number of nitrogens with two attached hydrogens (primary N) is 1. The summed E-state index contributed by atoms with van der Waals surface area (Å²) in [6.07, 6.45) is 0.971. The van der Waals surface area contributed by atoms with Gasteiger partial charge >= 0.3 is 0 Å². The molecule has 1 aromatic carbocycles. The predicted molar refractivity (Wildman–Crippen MR) is 63.4 cm³/mol. The molecule has 1 unspecified atom stereocenters. The third-order valence-corrected chi connectivity index (χ3v) is 2.92. The summed E-state index contributed by atoms with van der Waals surface area (Å²) in [6, 6.07) is 10.5. The molecule has 2 N–H and O–H groups in total. The van der Waals surface area contributed by atoms with Crippen LogP contribution in [0.25, 0.3) is 0 Å². The summed E-state index contributed by atoms with van der Waals surface area (Å²) < 4.78 is 5.40. The van der Waals surface area contributed by atoms with Gasteiger partial charge in [-0.25, -0.2) is 0 Å². The predicted octanol–water partition coefficient (Wildman–Crippen LogP) is 0.590. The van der Waals surface area contributed by atoms with Gasteiger partial charge in [-0.1, -0.05) is 37.3 Å². The minimum absolute atomic E-state index is 0.0811. The second-order valence-corrected chi connectivity index (χ2v) is 4.48. The first-order valence-electron chi connectivity index (χ1n) is 4.97. The van der Waals surface area contributed by atoms with Gasteiger partial charge in [-0.15, -0.1) is 0 Å². The number of rotatable bonds is 5. The Kier molecular flexibility index (Phi) is 4.32. The van der Waals surface area contributed by atoms with Crippen molar-refractivity contribution in [1.82, 2.24) is 0 Å². The minimum atomic E-state index is 0.0811. The molecular weight excluding hydrogens is 190 g/mol. The highest BCUT2D eigenvalue weighted by molar-refractivity contribution is 5.98. The van der Waals surface area contributed by atoms with Gasteiger partial charge in [0.2, 0.25) is 0 Å². The maximum Gasteiger partial charge on any atom is 0.146 e. The highest BCUT2D eigenvalue weighted by Gasteiger charge is 2.24. The summed E-state index contributed by atoms with van der Waals surface area (Å²) in [5.41, 5.74) is 7.04. The molecule has 0 amide bonds. The molecule has 0 heterocycles. The third-order valence-electron chi connectivity index (χ3n) is 2.63. The molecular formula is C11H19NOSi. The van der Waals surface area contributed by atoms with E-state index in [2.05, 4.69) is 31.2 Å². The molecule has 1 rings (SSSR count). The summed E-state index contributed by atoms with van der Waals surface area (Å²) in [5.74, 6) is 0. The molecule has 0 aromatic heterocycles. The van der Waals surface area contributed by atoms with Crippen molar-refractivity contribution in [3.8, 4) is 0 Å². The van der Waals surface area contributed by atoms with Gasteiger partial charge in [0.15, 0.2) is 0 Å².